The lowest BCUT2D eigenvalue weighted by molar-refractivity contribution is 0.306. The Morgan fingerprint density at radius 3 is 2.94 bits per heavy atom. The molecule has 0 saturated carbocycles. The van der Waals surface area contributed by atoms with Gasteiger partial charge in [0.2, 0.25) is 0 Å². The highest BCUT2D eigenvalue weighted by molar-refractivity contribution is 5.77. The Bertz CT molecular complexity index is 542. The summed E-state index contributed by atoms with van der Waals surface area (Å²) < 4.78 is 10.9. The first-order valence-corrected chi connectivity index (χ1v) is 5.95. The first kappa shape index (κ1) is 11.7. The van der Waals surface area contributed by atoms with Gasteiger partial charge >= 0.3 is 0 Å². The van der Waals surface area contributed by atoms with Gasteiger partial charge in [0.05, 0.1) is 18.3 Å². The van der Waals surface area contributed by atoms with Crippen LogP contribution >= 0.6 is 0 Å². The molecule has 0 spiro atoms. The van der Waals surface area contributed by atoms with E-state index in [2.05, 4.69) is 6.92 Å². The van der Waals surface area contributed by atoms with Crippen LogP contribution in [0.3, 0.4) is 0 Å². The summed E-state index contributed by atoms with van der Waals surface area (Å²) in [5.41, 5.74) is 0.550. The van der Waals surface area contributed by atoms with Gasteiger partial charge in [0.1, 0.15) is 11.3 Å². The summed E-state index contributed by atoms with van der Waals surface area (Å²) in [6, 6.07) is 6.74. The third kappa shape index (κ3) is 2.87. The molecule has 0 aliphatic rings. The van der Waals surface area contributed by atoms with Crippen molar-refractivity contribution in [3.8, 4) is 5.75 Å². The zero-order chi connectivity index (χ0) is 12.1. The molecule has 1 heterocycles. The maximum Gasteiger partial charge on any atom is 0.192 e. The highest BCUT2D eigenvalue weighted by Crippen LogP contribution is 2.18. The monoisotopic (exact) mass is 232 g/mol. The van der Waals surface area contributed by atoms with Crippen LogP contribution in [0.5, 0.6) is 5.75 Å². The number of unbranched alkanes of at least 4 members (excludes halogenated alkanes) is 2. The van der Waals surface area contributed by atoms with Gasteiger partial charge in [0.25, 0.3) is 0 Å². The predicted octanol–water partition coefficient (Wildman–Crippen LogP) is 3.36. The van der Waals surface area contributed by atoms with Crippen molar-refractivity contribution in [1.82, 2.24) is 0 Å². The summed E-state index contributed by atoms with van der Waals surface area (Å²) in [5, 5.41) is 0.591. The number of rotatable bonds is 5. The van der Waals surface area contributed by atoms with Crippen molar-refractivity contribution in [2.45, 2.75) is 26.2 Å². The average molecular weight is 232 g/mol. The largest absolute Gasteiger partial charge is 0.493 e. The Labute approximate surface area is 100 Å². The summed E-state index contributed by atoms with van der Waals surface area (Å²) in [7, 11) is 0. The van der Waals surface area contributed by atoms with Crippen LogP contribution in [-0.2, 0) is 0 Å². The van der Waals surface area contributed by atoms with E-state index in [1.54, 1.807) is 12.1 Å². The van der Waals surface area contributed by atoms with Crippen molar-refractivity contribution in [3.05, 3.63) is 40.8 Å². The van der Waals surface area contributed by atoms with Crippen LogP contribution in [0.25, 0.3) is 11.0 Å². The summed E-state index contributed by atoms with van der Waals surface area (Å²) in [6.45, 7) is 2.86. The maximum atomic E-state index is 11.5. The molecule has 0 N–H and O–H groups in total. The SMILES string of the molecule is CCCCCOc1ccc2c(=O)ccoc2c1. The smallest absolute Gasteiger partial charge is 0.192 e. The lowest BCUT2D eigenvalue weighted by Crippen LogP contribution is -2.00. The Morgan fingerprint density at radius 1 is 1.24 bits per heavy atom. The van der Waals surface area contributed by atoms with E-state index in [9.17, 15) is 4.79 Å². The zero-order valence-electron chi connectivity index (χ0n) is 9.94. The molecule has 90 valence electrons. The van der Waals surface area contributed by atoms with Crippen molar-refractivity contribution in [1.29, 1.82) is 0 Å². The van der Waals surface area contributed by atoms with E-state index >= 15 is 0 Å². The van der Waals surface area contributed by atoms with Gasteiger partial charge in [0, 0.05) is 12.1 Å². The normalized spacial score (nSPS) is 10.6. The van der Waals surface area contributed by atoms with Gasteiger partial charge in [-0.3, -0.25) is 4.79 Å². The van der Waals surface area contributed by atoms with Crippen LogP contribution < -0.4 is 10.2 Å². The van der Waals surface area contributed by atoms with Crippen molar-refractivity contribution in [2.75, 3.05) is 6.61 Å². The molecule has 2 rings (SSSR count). The van der Waals surface area contributed by atoms with E-state index in [1.807, 2.05) is 6.07 Å². The van der Waals surface area contributed by atoms with E-state index < -0.39 is 0 Å². The molecular weight excluding hydrogens is 216 g/mol. The quantitative estimate of drug-likeness (QED) is 0.742. The Hall–Kier alpha value is -1.77. The Balaban J connectivity index is 2.12. The summed E-state index contributed by atoms with van der Waals surface area (Å²) in [6.07, 6.45) is 4.80. The second-order valence-electron chi connectivity index (χ2n) is 4.00. The number of benzene rings is 1. The fourth-order valence-electron chi connectivity index (χ4n) is 1.69. The molecule has 3 heteroatoms. The van der Waals surface area contributed by atoms with Crippen LogP contribution in [0, 0.1) is 0 Å². The molecule has 1 aromatic heterocycles. The molecule has 0 saturated heterocycles. The minimum absolute atomic E-state index is 0.0243. The van der Waals surface area contributed by atoms with Gasteiger partial charge in [-0.25, -0.2) is 0 Å². The van der Waals surface area contributed by atoms with Gasteiger partial charge in [-0.2, -0.15) is 0 Å². The minimum Gasteiger partial charge on any atom is -0.493 e. The van der Waals surface area contributed by atoms with E-state index in [1.165, 1.54) is 25.2 Å². The van der Waals surface area contributed by atoms with E-state index in [0.29, 0.717) is 17.6 Å². The highest BCUT2D eigenvalue weighted by Gasteiger charge is 2.01. The minimum atomic E-state index is -0.0243. The van der Waals surface area contributed by atoms with Gasteiger partial charge in [-0.05, 0) is 18.6 Å². The molecule has 1 aromatic carbocycles. The van der Waals surface area contributed by atoms with E-state index in [0.717, 1.165) is 12.2 Å². The predicted molar refractivity (Wildman–Crippen MR) is 67.5 cm³/mol. The van der Waals surface area contributed by atoms with Crippen LogP contribution in [0.2, 0.25) is 0 Å². The third-order valence-electron chi connectivity index (χ3n) is 2.65. The molecule has 0 bridgehead atoms. The Kier molecular flexibility index (Phi) is 3.81. The molecule has 0 aliphatic heterocycles. The maximum absolute atomic E-state index is 11.5. The summed E-state index contributed by atoms with van der Waals surface area (Å²) >= 11 is 0. The molecule has 0 radical (unpaired) electrons. The van der Waals surface area contributed by atoms with Gasteiger partial charge in [-0.15, -0.1) is 0 Å². The third-order valence-corrected chi connectivity index (χ3v) is 2.65. The van der Waals surface area contributed by atoms with Crippen molar-refractivity contribution >= 4 is 11.0 Å². The summed E-state index contributed by atoms with van der Waals surface area (Å²) in [5.74, 6) is 0.753. The van der Waals surface area contributed by atoms with Crippen LogP contribution in [0.4, 0.5) is 0 Å². The second kappa shape index (κ2) is 5.53. The van der Waals surface area contributed by atoms with E-state index in [4.69, 9.17) is 9.15 Å². The molecule has 0 fully saturated rings. The van der Waals surface area contributed by atoms with Gasteiger partial charge in [0.15, 0.2) is 5.43 Å². The average Bonchev–Trinajstić information content (AvgIpc) is 2.35. The fourth-order valence-corrected chi connectivity index (χ4v) is 1.69. The molecule has 2 aromatic rings. The number of fused-ring (bicyclic) bond motifs is 1. The van der Waals surface area contributed by atoms with Gasteiger partial charge in [-0.1, -0.05) is 19.8 Å². The molecule has 0 atom stereocenters. The second-order valence-corrected chi connectivity index (χ2v) is 4.00. The van der Waals surface area contributed by atoms with Gasteiger partial charge < -0.3 is 9.15 Å². The standard InChI is InChI=1S/C14H16O3/c1-2-3-4-8-16-11-5-6-12-13(15)7-9-17-14(12)10-11/h5-7,9-10H,2-4,8H2,1H3. The summed E-state index contributed by atoms with van der Waals surface area (Å²) in [4.78, 5) is 11.5. The van der Waals surface area contributed by atoms with Crippen molar-refractivity contribution in [3.63, 3.8) is 0 Å². The van der Waals surface area contributed by atoms with Crippen LogP contribution in [0.1, 0.15) is 26.2 Å². The Morgan fingerprint density at radius 2 is 2.12 bits per heavy atom. The lowest BCUT2D eigenvalue weighted by atomic mass is 10.2. The topological polar surface area (TPSA) is 39.4 Å². The number of hydrogen-bond donors (Lipinski definition) is 0. The van der Waals surface area contributed by atoms with Crippen molar-refractivity contribution < 1.29 is 9.15 Å². The van der Waals surface area contributed by atoms with E-state index in [-0.39, 0.29) is 5.43 Å². The molecule has 0 aliphatic carbocycles. The first-order chi connectivity index (χ1) is 8.31. The van der Waals surface area contributed by atoms with Crippen LogP contribution in [-0.4, -0.2) is 6.61 Å². The molecule has 0 amide bonds. The fraction of sp³-hybridized carbons (Fsp3) is 0.357. The highest BCUT2D eigenvalue weighted by atomic mass is 16.5. The zero-order valence-corrected chi connectivity index (χ0v) is 9.94. The molecule has 3 nitrogen and oxygen atoms in total. The molecular formula is C14H16O3. The lowest BCUT2D eigenvalue weighted by Gasteiger charge is -2.05. The number of ether oxygens (including phenoxy) is 1. The number of hydrogen-bond acceptors (Lipinski definition) is 3. The molecule has 17 heavy (non-hydrogen) atoms. The van der Waals surface area contributed by atoms with Crippen molar-refractivity contribution in [2.24, 2.45) is 0 Å². The van der Waals surface area contributed by atoms with Crippen LogP contribution in [0.15, 0.2) is 39.7 Å². The molecule has 0 unspecified atom stereocenters. The first-order valence-electron chi connectivity index (χ1n) is 5.95.